The molecule has 0 aromatic heterocycles. The van der Waals surface area contributed by atoms with Gasteiger partial charge in [-0.25, -0.2) is 0 Å². The number of carbonyl (C=O) groups is 1. The lowest BCUT2D eigenvalue weighted by atomic mass is 9.88. The fourth-order valence-corrected chi connectivity index (χ4v) is 4.17. The first-order valence-corrected chi connectivity index (χ1v) is 9.37. The van der Waals surface area contributed by atoms with E-state index in [2.05, 4.69) is 17.1 Å². The zero-order chi connectivity index (χ0) is 15.4. The van der Waals surface area contributed by atoms with E-state index in [1.165, 1.54) is 25.7 Å². The molecule has 23 heavy (non-hydrogen) atoms. The van der Waals surface area contributed by atoms with Crippen molar-refractivity contribution in [3.05, 3.63) is 0 Å². The number of carbonyl (C=O) groups excluding carboxylic acids is 1. The average molecular weight is 345 g/mol. The van der Waals surface area contributed by atoms with E-state index in [1.807, 2.05) is 0 Å². The molecule has 1 N–H and O–H groups in total. The molecule has 2 heterocycles. The van der Waals surface area contributed by atoms with Crippen molar-refractivity contribution in [3.8, 4) is 0 Å². The average Bonchev–Trinajstić information content (AvgIpc) is 2.58. The Morgan fingerprint density at radius 1 is 1.00 bits per heavy atom. The lowest BCUT2D eigenvalue weighted by Crippen LogP contribution is -2.47. The second-order valence-electron chi connectivity index (χ2n) is 7.59. The van der Waals surface area contributed by atoms with E-state index < -0.39 is 0 Å². The van der Waals surface area contributed by atoms with E-state index in [0.29, 0.717) is 18.1 Å². The summed E-state index contributed by atoms with van der Waals surface area (Å²) in [5, 5.41) is 3.35. The number of hydrogen-bond acceptors (Lipinski definition) is 3. The van der Waals surface area contributed by atoms with Crippen molar-refractivity contribution < 1.29 is 9.53 Å². The Labute approximate surface area is 147 Å². The van der Waals surface area contributed by atoms with Crippen molar-refractivity contribution in [1.82, 2.24) is 10.2 Å². The molecule has 134 valence electrons. The molecule has 0 bridgehead atoms. The first-order chi connectivity index (χ1) is 10.7. The van der Waals surface area contributed by atoms with Gasteiger partial charge in [-0.05, 0) is 63.8 Å². The van der Waals surface area contributed by atoms with Crippen LogP contribution in [0.5, 0.6) is 0 Å². The van der Waals surface area contributed by atoms with Crippen LogP contribution in [0.15, 0.2) is 0 Å². The third-order valence-corrected chi connectivity index (χ3v) is 5.75. The summed E-state index contributed by atoms with van der Waals surface area (Å²) < 4.78 is 6.30. The number of nitrogens with zero attached hydrogens (tertiary/aromatic N) is 1. The first-order valence-electron chi connectivity index (χ1n) is 9.37. The summed E-state index contributed by atoms with van der Waals surface area (Å²) >= 11 is 0. The number of hydrogen-bond donors (Lipinski definition) is 1. The van der Waals surface area contributed by atoms with Crippen LogP contribution in [0.25, 0.3) is 0 Å². The van der Waals surface area contributed by atoms with Crippen LogP contribution in [0.1, 0.15) is 58.3 Å². The van der Waals surface area contributed by atoms with Crippen molar-refractivity contribution in [3.63, 3.8) is 0 Å². The van der Waals surface area contributed by atoms with Crippen LogP contribution >= 0.6 is 12.4 Å². The van der Waals surface area contributed by atoms with E-state index in [0.717, 1.165) is 57.8 Å². The van der Waals surface area contributed by atoms with Crippen molar-refractivity contribution in [2.75, 3.05) is 26.2 Å². The number of halogens is 1. The highest BCUT2D eigenvalue weighted by Gasteiger charge is 2.30. The molecule has 0 radical (unpaired) electrons. The summed E-state index contributed by atoms with van der Waals surface area (Å²) in [6, 6.07) is 0. The summed E-state index contributed by atoms with van der Waals surface area (Å²) in [5.74, 6) is 1.46. The normalized spacial score (nSPS) is 33.1. The lowest BCUT2D eigenvalue weighted by molar-refractivity contribution is -0.140. The van der Waals surface area contributed by atoms with E-state index >= 15 is 0 Å². The van der Waals surface area contributed by atoms with Gasteiger partial charge in [0.15, 0.2) is 0 Å². The van der Waals surface area contributed by atoms with Crippen LogP contribution in [-0.2, 0) is 9.53 Å². The second kappa shape index (κ2) is 9.24. The van der Waals surface area contributed by atoms with Crippen molar-refractivity contribution in [2.24, 2.45) is 11.8 Å². The predicted octanol–water partition coefficient (Wildman–Crippen LogP) is 2.99. The molecule has 2 saturated heterocycles. The van der Waals surface area contributed by atoms with Gasteiger partial charge in [0.25, 0.3) is 0 Å². The van der Waals surface area contributed by atoms with Gasteiger partial charge in [-0.3, -0.25) is 4.79 Å². The number of rotatable bonds is 3. The van der Waals surface area contributed by atoms with Gasteiger partial charge in [0.2, 0.25) is 5.91 Å². The molecular formula is C18H33ClN2O2. The molecule has 1 atom stereocenters. The SMILES string of the molecule is CC1CCC(OC2CCN(C(=O)C3CCCNC3)CC2)CC1.Cl. The summed E-state index contributed by atoms with van der Waals surface area (Å²) in [6.07, 6.45) is 10.2. The van der Waals surface area contributed by atoms with Gasteiger partial charge in [-0.2, -0.15) is 0 Å². The van der Waals surface area contributed by atoms with Gasteiger partial charge < -0.3 is 15.0 Å². The van der Waals surface area contributed by atoms with Gasteiger partial charge in [0.05, 0.1) is 18.1 Å². The molecule has 1 amide bonds. The van der Waals surface area contributed by atoms with Crippen molar-refractivity contribution >= 4 is 18.3 Å². The van der Waals surface area contributed by atoms with Gasteiger partial charge >= 0.3 is 0 Å². The Morgan fingerprint density at radius 2 is 1.65 bits per heavy atom. The number of nitrogens with one attached hydrogen (secondary N) is 1. The van der Waals surface area contributed by atoms with Crippen LogP contribution < -0.4 is 5.32 Å². The molecular weight excluding hydrogens is 312 g/mol. The van der Waals surface area contributed by atoms with E-state index in [9.17, 15) is 4.79 Å². The number of amides is 1. The monoisotopic (exact) mass is 344 g/mol. The molecule has 0 aromatic carbocycles. The standard InChI is InChI=1S/C18H32N2O2.ClH/c1-14-4-6-16(7-5-14)22-17-8-11-20(12-9-17)18(21)15-3-2-10-19-13-15;/h14-17,19H,2-13H2,1H3;1H. The van der Waals surface area contributed by atoms with Crippen molar-refractivity contribution in [2.45, 2.75) is 70.5 Å². The quantitative estimate of drug-likeness (QED) is 0.855. The van der Waals surface area contributed by atoms with Crippen LogP contribution in [0.4, 0.5) is 0 Å². The van der Waals surface area contributed by atoms with Crippen molar-refractivity contribution in [1.29, 1.82) is 0 Å². The Bertz CT molecular complexity index is 358. The minimum Gasteiger partial charge on any atom is -0.375 e. The highest BCUT2D eigenvalue weighted by Crippen LogP contribution is 2.28. The molecule has 0 spiro atoms. The number of ether oxygens (including phenoxy) is 1. The Balaban J connectivity index is 0.00000192. The largest absolute Gasteiger partial charge is 0.375 e. The minimum atomic E-state index is 0. The molecule has 2 aliphatic heterocycles. The van der Waals surface area contributed by atoms with Crippen LogP contribution in [0.2, 0.25) is 0 Å². The Hall–Kier alpha value is -0.320. The maximum atomic E-state index is 12.5. The third-order valence-electron chi connectivity index (χ3n) is 5.75. The highest BCUT2D eigenvalue weighted by molar-refractivity contribution is 5.85. The van der Waals surface area contributed by atoms with E-state index in [4.69, 9.17) is 4.74 Å². The minimum absolute atomic E-state index is 0. The van der Waals surface area contributed by atoms with Gasteiger partial charge in [0, 0.05) is 19.6 Å². The smallest absolute Gasteiger partial charge is 0.226 e. The van der Waals surface area contributed by atoms with Crippen LogP contribution in [-0.4, -0.2) is 49.2 Å². The number of likely N-dealkylation sites (tertiary alicyclic amines) is 1. The Kier molecular flexibility index (Phi) is 7.64. The Morgan fingerprint density at radius 3 is 2.26 bits per heavy atom. The van der Waals surface area contributed by atoms with E-state index in [1.54, 1.807) is 0 Å². The molecule has 3 rings (SSSR count). The van der Waals surface area contributed by atoms with Gasteiger partial charge in [0.1, 0.15) is 0 Å². The molecule has 1 saturated carbocycles. The molecule has 0 aromatic rings. The molecule has 1 aliphatic carbocycles. The third kappa shape index (κ3) is 5.33. The fraction of sp³-hybridized carbons (Fsp3) is 0.944. The second-order valence-corrected chi connectivity index (χ2v) is 7.59. The summed E-state index contributed by atoms with van der Waals surface area (Å²) in [4.78, 5) is 14.6. The molecule has 5 heteroatoms. The fourth-order valence-electron chi connectivity index (χ4n) is 4.17. The topological polar surface area (TPSA) is 41.6 Å². The van der Waals surface area contributed by atoms with Gasteiger partial charge in [-0.15, -0.1) is 12.4 Å². The van der Waals surface area contributed by atoms with Crippen LogP contribution in [0, 0.1) is 11.8 Å². The van der Waals surface area contributed by atoms with E-state index in [-0.39, 0.29) is 18.3 Å². The maximum absolute atomic E-state index is 12.5. The molecule has 4 nitrogen and oxygen atoms in total. The highest BCUT2D eigenvalue weighted by atomic mass is 35.5. The summed E-state index contributed by atoms with van der Waals surface area (Å²) in [6.45, 7) is 6.07. The molecule has 3 aliphatic rings. The maximum Gasteiger partial charge on any atom is 0.226 e. The summed E-state index contributed by atoms with van der Waals surface area (Å²) in [7, 11) is 0. The molecule has 1 unspecified atom stereocenters. The van der Waals surface area contributed by atoms with Crippen LogP contribution in [0.3, 0.4) is 0 Å². The number of piperidine rings is 2. The predicted molar refractivity (Wildman–Crippen MR) is 94.9 cm³/mol. The van der Waals surface area contributed by atoms with Gasteiger partial charge in [-0.1, -0.05) is 6.92 Å². The summed E-state index contributed by atoms with van der Waals surface area (Å²) in [5.41, 5.74) is 0. The first kappa shape index (κ1) is 19.0. The zero-order valence-corrected chi connectivity index (χ0v) is 15.3. The lowest BCUT2D eigenvalue weighted by Gasteiger charge is -2.37. The zero-order valence-electron chi connectivity index (χ0n) is 14.5. The molecule has 3 fully saturated rings.